The van der Waals surface area contributed by atoms with Gasteiger partial charge in [-0.05, 0) is 60.0 Å². The van der Waals surface area contributed by atoms with Crippen molar-refractivity contribution in [3.05, 3.63) is 76.8 Å². The predicted molar refractivity (Wildman–Crippen MR) is 127 cm³/mol. The summed E-state index contributed by atoms with van der Waals surface area (Å²) in [5, 5.41) is 12.4. The molecule has 1 radical (unpaired) electrons. The summed E-state index contributed by atoms with van der Waals surface area (Å²) in [6.45, 7) is 2.15. The fourth-order valence-electron chi connectivity index (χ4n) is 3.99. The quantitative estimate of drug-likeness (QED) is 0.501. The zero-order valence-corrected chi connectivity index (χ0v) is 19.0. The van der Waals surface area contributed by atoms with Crippen LogP contribution in [0.25, 0.3) is 17.2 Å². The van der Waals surface area contributed by atoms with Crippen LogP contribution in [0.2, 0.25) is 0 Å². The number of halogens is 1. The number of methoxy groups -OCH3 is 2. The average Bonchev–Trinajstić information content (AvgIpc) is 3.45. The Labute approximate surface area is 197 Å². The second kappa shape index (κ2) is 9.97. The molecular formula is C25H23BFN2O5. The van der Waals surface area contributed by atoms with E-state index < -0.39 is 5.82 Å². The van der Waals surface area contributed by atoms with Crippen LogP contribution < -0.4 is 20.3 Å². The molecule has 2 N–H and O–H groups in total. The maximum absolute atomic E-state index is 14.1. The van der Waals surface area contributed by atoms with Crippen LogP contribution in [0.3, 0.4) is 0 Å². The molecular weight excluding hydrogens is 438 g/mol. The van der Waals surface area contributed by atoms with Gasteiger partial charge in [0.2, 0.25) is 5.91 Å². The third kappa shape index (κ3) is 4.60. The summed E-state index contributed by atoms with van der Waals surface area (Å²) in [4.78, 5) is 17.0. The number of carbonyl (C=O) groups excluding carboxylic acids is 1. The number of carbonyl (C=O) groups is 1. The number of fused-ring (bicyclic) bond motifs is 1. The van der Waals surface area contributed by atoms with E-state index in [1.54, 1.807) is 30.5 Å². The number of nitrogens with zero attached hydrogens (tertiary/aromatic N) is 1. The molecule has 3 aromatic rings. The van der Waals surface area contributed by atoms with Crippen LogP contribution in [-0.4, -0.2) is 37.6 Å². The molecule has 0 saturated carbocycles. The molecule has 2 heterocycles. The monoisotopic (exact) mass is 461 g/mol. The number of nitrogens with one attached hydrogen (secondary N) is 1. The summed E-state index contributed by atoms with van der Waals surface area (Å²) < 4.78 is 30.1. The molecule has 0 atom stereocenters. The Balaban J connectivity index is 1.71. The van der Waals surface area contributed by atoms with Crippen molar-refractivity contribution >= 4 is 36.1 Å². The molecule has 9 heteroatoms. The number of rotatable bonds is 8. The molecule has 7 nitrogen and oxygen atoms in total. The molecule has 1 aliphatic carbocycles. The molecule has 0 unspecified atom stereocenters. The van der Waals surface area contributed by atoms with Crippen LogP contribution in [0.1, 0.15) is 35.9 Å². The van der Waals surface area contributed by atoms with Crippen LogP contribution in [0.15, 0.2) is 52.8 Å². The minimum Gasteiger partial charge on any atom is -0.497 e. The summed E-state index contributed by atoms with van der Waals surface area (Å²) >= 11 is 0. The van der Waals surface area contributed by atoms with Crippen LogP contribution in [0, 0.1) is 5.82 Å². The van der Waals surface area contributed by atoms with Gasteiger partial charge in [-0.15, -0.1) is 0 Å². The molecule has 0 bridgehead atoms. The smallest absolute Gasteiger partial charge is 0.334 e. The van der Waals surface area contributed by atoms with E-state index in [2.05, 4.69) is 10.3 Å². The highest BCUT2D eigenvalue weighted by atomic mass is 19.1. The second-order valence-electron chi connectivity index (χ2n) is 7.71. The Morgan fingerprint density at radius 3 is 2.62 bits per heavy atom. The number of amides is 1. The zero-order chi connectivity index (χ0) is 24.2. The number of hydrogen-bond acceptors (Lipinski definition) is 6. The van der Waals surface area contributed by atoms with Crippen LogP contribution >= 0.6 is 0 Å². The summed E-state index contributed by atoms with van der Waals surface area (Å²) in [6, 6.07) is 8.43. The normalized spacial score (nSPS) is 13.7. The van der Waals surface area contributed by atoms with Crippen molar-refractivity contribution < 1.29 is 28.1 Å². The second-order valence-corrected chi connectivity index (χ2v) is 7.71. The van der Waals surface area contributed by atoms with E-state index in [9.17, 15) is 14.2 Å². The highest BCUT2D eigenvalue weighted by Crippen LogP contribution is 2.43. The maximum Gasteiger partial charge on any atom is 0.334 e. The zero-order valence-electron chi connectivity index (χ0n) is 19.0. The van der Waals surface area contributed by atoms with E-state index >= 15 is 0 Å². The Morgan fingerprint density at radius 1 is 1.26 bits per heavy atom. The number of aromatic nitrogens is 1. The van der Waals surface area contributed by atoms with Crippen molar-refractivity contribution in [2.75, 3.05) is 14.2 Å². The highest BCUT2D eigenvalue weighted by molar-refractivity contribution is 6.48. The number of hydrogen-bond donors (Lipinski definition) is 2. The third-order valence-electron chi connectivity index (χ3n) is 5.67. The first-order valence-electron chi connectivity index (χ1n) is 10.6. The predicted octanol–water partition coefficient (Wildman–Crippen LogP) is 3.10. The van der Waals surface area contributed by atoms with E-state index in [0.29, 0.717) is 39.6 Å². The van der Waals surface area contributed by atoms with Crippen molar-refractivity contribution in [3.63, 3.8) is 0 Å². The fraction of sp³-hybridized carbons (Fsp3) is 0.200. The summed E-state index contributed by atoms with van der Waals surface area (Å²) in [6.07, 6.45) is 4.64. The van der Waals surface area contributed by atoms with Gasteiger partial charge in [-0.1, -0.05) is 0 Å². The molecule has 34 heavy (non-hydrogen) atoms. The van der Waals surface area contributed by atoms with Crippen molar-refractivity contribution in [2.24, 2.45) is 0 Å². The number of benzene rings is 1. The molecule has 0 fully saturated rings. The Morgan fingerprint density at radius 2 is 2.00 bits per heavy atom. The first kappa shape index (κ1) is 23.3. The lowest BCUT2D eigenvalue weighted by molar-refractivity contribution is -0.120. The molecule has 0 aliphatic heterocycles. The molecule has 1 aliphatic rings. The molecule has 4 rings (SSSR count). The fourth-order valence-corrected chi connectivity index (χ4v) is 3.99. The summed E-state index contributed by atoms with van der Waals surface area (Å²) in [5.41, 5.74) is 4.59. The van der Waals surface area contributed by atoms with E-state index in [-0.39, 0.29) is 18.9 Å². The molecule has 173 valence electrons. The number of furan rings is 1. The summed E-state index contributed by atoms with van der Waals surface area (Å²) in [7, 11) is 3.92. The SMILES string of the molecule is COc1cc(/C=C2/C(C)=C(CC(=O)NCc3ccco3)c3cc(F)cnc32)cc(OC)c1[B]O. The van der Waals surface area contributed by atoms with Gasteiger partial charge in [0.15, 0.2) is 0 Å². The van der Waals surface area contributed by atoms with E-state index in [4.69, 9.17) is 13.9 Å². The van der Waals surface area contributed by atoms with Gasteiger partial charge < -0.3 is 24.2 Å². The molecule has 2 aromatic heterocycles. The first-order valence-corrected chi connectivity index (χ1v) is 10.6. The maximum atomic E-state index is 14.1. The van der Waals surface area contributed by atoms with Gasteiger partial charge in [-0.25, -0.2) is 4.39 Å². The van der Waals surface area contributed by atoms with Crippen LogP contribution in [0.4, 0.5) is 4.39 Å². The Hall–Kier alpha value is -3.85. The molecule has 1 amide bonds. The van der Waals surface area contributed by atoms with Gasteiger partial charge in [0.1, 0.15) is 23.1 Å². The Kier molecular flexibility index (Phi) is 6.84. The molecule has 0 saturated heterocycles. The van der Waals surface area contributed by atoms with Crippen molar-refractivity contribution in [3.8, 4) is 11.5 Å². The van der Waals surface area contributed by atoms with Crippen LogP contribution in [-0.2, 0) is 11.3 Å². The van der Waals surface area contributed by atoms with Gasteiger partial charge in [-0.3, -0.25) is 9.78 Å². The Bertz CT molecular complexity index is 1260. The standard InChI is InChI=1S/C25H23BFN2O5/c1-14-18(11-23(30)28-13-17-5-4-6-34-17)20-10-16(27)12-29-25(20)19(14)7-15-8-21(32-2)24(26-31)22(9-15)33-3/h4-10,12,31H,11,13H2,1-3H3,(H,28,30)/b19-7-. The van der Waals surface area contributed by atoms with Gasteiger partial charge in [0, 0.05) is 16.6 Å². The minimum atomic E-state index is -0.479. The van der Waals surface area contributed by atoms with Crippen molar-refractivity contribution in [1.29, 1.82) is 0 Å². The lowest BCUT2D eigenvalue weighted by Crippen LogP contribution is -2.22. The third-order valence-corrected chi connectivity index (χ3v) is 5.67. The van der Waals surface area contributed by atoms with Gasteiger partial charge in [-0.2, -0.15) is 0 Å². The highest BCUT2D eigenvalue weighted by Gasteiger charge is 2.27. The van der Waals surface area contributed by atoms with Crippen molar-refractivity contribution in [2.45, 2.75) is 19.9 Å². The first-order chi connectivity index (χ1) is 16.4. The van der Waals surface area contributed by atoms with Crippen molar-refractivity contribution in [1.82, 2.24) is 10.3 Å². The van der Waals surface area contributed by atoms with Gasteiger partial charge >= 0.3 is 7.48 Å². The molecule has 1 aromatic carbocycles. The summed E-state index contributed by atoms with van der Waals surface area (Å²) in [5.74, 6) is 0.808. The lowest BCUT2D eigenvalue weighted by atomic mass is 9.85. The number of allylic oxidation sites excluding steroid dienone is 2. The minimum absolute atomic E-state index is 0.0626. The molecule has 0 spiro atoms. The van der Waals surface area contributed by atoms with E-state index in [1.165, 1.54) is 20.3 Å². The average molecular weight is 461 g/mol. The number of pyridine rings is 1. The van der Waals surface area contributed by atoms with Gasteiger partial charge in [0.05, 0.1) is 45.3 Å². The van der Waals surface area contributed by atoms with Gasteiger partial charge in [0.25, 0.3) is 0 Å². The number of ether oxygens (including phenoxy) is 2. The lowest BCUT2D eigenvalue weighted by Gasteiger charge is -2.13. The van der Waals surface area contributed by atoms with Crippen LogP contribution in [0.5, 0.6) is 11.5 Å². The topological polar surface area (TPSA) is 93.8 Å². The largest absolute Gasteiger partial charge is 0.497 e. The van der Waals surface area contributed by atoms with E-state index in [0.717, 1.165) is 30.4 Å². The van der Waals surface area contributed by atoms with E-state index in [1.807, 2.05) is 13.0 Å².